The highest BCUT2D eigenvalue weighted by Gasteiger charge is 2.77. The summed E-state index contributed by atoms with van der Waals surface area (Å²) in [4.78, 5) is 57.4. The summed E-state index contributed by atoms with van der Waals surface area (Å²) < 4.78 is 12.6. The first kappa shape index (κ1) is 32.9. The Kier molecular flexibility index (Phi) is 10.2. The minimum Gasteiger partial charge on any atom is -0.455 e. The van der Waals surface area contributed by atoms with Gasteiger partial charge in [0.2, 0.25) is 17.7 Å². The second-order valence-electron chi connectivity index (χ2n) is 12.3. The third kappa shape index (κ3) is 6.30. The Hall–Kier alpha value is -3.02. The van der Waals surface area contributed by atoms with Gasteiger partial charge < -0.3 is 29.7 Å². The maximum absolute atomic E-state index is 14.3. The number of fused-ring (bicyclic) bond motifs is 1. The Balaban J connectivity index is 1.66. The number of benzene rings is 1. The van der Waals surface area contributed by atoms with Gasteiger partial charge in [0.05, 0.1) is 31.1 Å². The van der Waals surface area contributed by atoms with E-state index in [1.807, 2.05) is 39.0 Å². The summed E-state index contributed by atoms with van der Waals surface area (Å²) >= 11 is 3.66. The molecule has 0 aliphatic carbocycles. The summed E-state index contributed by atoms with van der Waals surface area (Å²) in [5, 5.41) is 12.7. The number of esters is 1. The van der Waals surface area contributed by atoms with Gasteiger partial charge in [-0.15, -0.1) is 13.2 Å². The smallest absolute Gasteiger partial charge is 0.313 e. The number of aliphatic hydroxyl groups excluding tert-OH is 1. The maximum atomic E-state index is 14.3. The zero-order valence-corrected chi connectivity index (χ0v) is 26.6. The van der Waals surface area contributed by atoms with Crippen LogP contribution in [0.2, 0.25) is 0 Å². The Morgan fingerprint density at radius 3 is 2.56 bits per heavy atom. The number of allylic oxidation sites excluding steroid dienone is 1. The molecule has 3 fully saturated rings. The lowest BCUT2D eigenvalue weighted by Crippen LogP contribution is -2.60. The lowest BCUT2D eigenvalue weighted by atomic mass is 9.70. The molecule has 2 N–H and O–H groups in total. The molecule has 7 atom stereocenters. The number of rotatable bonds is 13. The largest absolute Gasteiger partial charge is 0.455 e. The van der Waals surface area contributed by atoms with Gasteiger partial charge in [-0.3, -0.25) is 19.2 Å². The number of ether oxygens (including phenoxy) is 2. The molecule has 0 radical (unpaired) electrons. The van der Waals surface area contributed by atoms with Crippen molar-refractivity contribution in [1.82, 2.24) is 15.1 Å². The summed E-state index contributed by atoms with van der Waals surface area (Å²) in [7, 11) is 0. The SMILES string of the molecule is C=CCCC(=O)NC[C@@H](OC(=O)[C@@H]1[C@H]2O[C@@]3(CC2Br)[C@H](C(=O)N(CC=C)C(C)(C)C)N(CCO)C(=O)[C@@H]13)c1ccccc1. The van der Waals surface area contributed by atoms with E-state index in [0.29, 0.717) is 18.4 Å². The molecule has 3 saturated heterocycles. The summed E-state index contributed by atoms with van der Waals surface area (Å²) in [6, 6.07) is 8.04. The summed E-state index contributed by atoms with van der Waals surface area (Å²) in [6.07, 6.45) is 2.89. The zero-order chi connectivity index (χ0) is 31.5. The van der Waals surface area contributed by atoms with Crippen molar-refractivity contribution in [3.8, 4) is 0 Å². The number of carbonyl (C=O) groups is 4. The first-order chi connectivity index (χ1) is 20.4. The number of aliphatic hydroxyl groups is 1. The van der Waals surface area contributed by atoms with E-state index >= 15 is 0 Å². The van der Waals surface area contributed by atoms with E-state index in [0.717, 1.165) is 0 Å². The van der Waals surface area contributed by atoms with Gasteiger partial charge in [-0.1, -0.05) is 58.4 Å². The van der Waals surface area contributed by atoms with Gasteiger partial charge in [0.1, 0.15) is 17.7 Å². The molecular weight excluding hydrogens is 618 g/mol. The number of amides is 3. The lowest BCUT2D eigenvalue weighted by molar-refractivity contribution is -0.160. The van der Waals surface area contributed by atoms with Crippen LogP contribution >= 0.6 is 15.9 Å². The highest BCUT2D eigenvalue weighted by molar-refractivity contribution is 9.09. The van der Waals surface area contributed by atoms with Crippen LogP contribution in [0.4, 0.5) is 0 Å². The number of hydrogen-bond donors (Lipinski definition) is 2. The van der Waals surface area contributed by atoms with Crippen LogP contribution in [0.5, 0.6) is 0 Å². The van der Waals surface area contributed by atoms with Gasteiger partial charge in [-0.2, -0.15) is 0 Å². The molecule has 11 heteroatoms. The Morgan fingerprint density at radius 2 is 1.95 bits per heavy atom. The molecule has 1 aromatic carbocycles. The first-order valence-corrected chi connectivity index (χ1v) is 15.6. The molecule has 1 unspecified atom stereocenters. The molecular formula is C32H42BrN3O7. The second kappa shape index (κ2) is 13.3. The minimum absolute atomic E-state index is 0.0469. The van der Waals surface area contributed by atoms with Crippen LogP contribution in [0.3, 0.4) is 0 Å². The fourth-order valence-corrected chi connectivity index (χ4v) is 7.58. The molecule has 1 spiro atoms. The second-order valence-corrected chi connectivity index (χ2v) is 13.5. The lowest BCUT2D eigenvalue weighted by Gasteiger charge is -2.42. The number of halogens is 1. The van der Waals surface area contributed by atoms with Crippen molar-refractivity contribution < 1.29 is 33.8 Å². The molecule has 0 saturated carbocycles. The van der Waals surface area contributed by atoms with E-state index < -0.39 is 53.1 Å². The number of likely N-dealkylation sites (tertiary alicyclic amines) is 1. The highest BCUT2D eigenvalue weighted by atomic mass is 79.9. The van der Waals surface area contributed by atoms with E-state index in [4.69, 9.17) is 9.47 Å². The van der Waals surface area contributed by atoms with E-state index in [2.05, 4.69) is 34.4 Å². The standard InChI is InChI=1S/C32H42BrN3O7/c1-6-8-14-23(38)34-19-22(20-12-10-9-11-13-20)42-30(41)24-25-28(39)35(16-17-37)27(32(25)18-21(33)26(24)43-32)29(40)36(15-7-2)31(3,4)5/h6-7,9-13,21-22,24-27,37H,1-2,8,14-19H2,3-5H3,(H,34,38)/t21?,22-,24+,25-,26+,27+,32-/m1/s1. The maximum Gasteiger partial charge on any atom is 0.313 e. The van der Waals surface area contributed by atoms with Crippen molar-refractivity contribution in [2.75, 3.05) is 26.2 Å². The van der Waals surface area contributed by atoms with Crippen LogP contribution < -0.4 is 5.32 Å². The van der Waals surface area contributed by atoms with Crippen LogP contribution in [-0.4, -0.2) is 93.0 Å². The summed E-state index contributed by atoms with van der Waals surface area (Å²) in [5.41, 5.74) is -1.18. The molecule has 234 valence electrons. The molecule has 3 aliphatic rings. The van der Waals surface area contributed by atoms with Crippen molar-refractivity contribution in [2.24, 2.45) is 11.8 Å². The Labute approximate surface area is 261 Å². The molecule has 3 aliphatic heterocycles. The van der Waals surface area contributed by atoms with E-state index in [1.165, 1.54) is 4.90 Å². The van der Waals surface area contributed by atoms with Crippen molar-refractivity contribution >= 4 is 39.6 Å². The monoisotopic (exact) mass is 659 g/mol. The third-order valence-corrected chi connectivity index (χ3v) is 9.36. The van der Waals surface area contributed by atoms with Gasteiger partial charge in [-0.25, -0.2) is 0 Å². The van der Waals surface area contributed by atoms with Crippen molar-refractivity contribution in [3.05, 3.63) is 61.2 Å². The number of nitrogens with one attached hydrogen (secondary N) is 1. The molecule has 4 rings (SSSR count). The first-order valence-electron chi connectivity index (χ1n) is 14.7. The predicted octanol–water partition coefficient (Wildman–Crippen LogP) is 2.91. The van der Waals surface area contributed by atoms with Crippen molar-refractivity contribution in [2.45, 2.75) is 74.3 Å². The van der Waals surface area contributed by atoms with E-state index in [-0.39, 0.29) is 49.3 Å². The number of carbonyl (C=O) groups excluding carboxylic acids is 4. The topological polar surface area (TPSA) is 125 Å². The summed E-state index contributed by atoms with van der Waals surface area (Å²) in [6.45, 7) is 13.0. The summed E-state index contributed by atoms with van der Waals surface area (Å²) in [5.74, 6) is -3.54. The normalized spacial score (nSPS) is 28.3. The van der Waals surface area contributed by atoms with Crippen molar-refractivity contribution in [3.63, 3.8) is 0 Å². The molecule has 0 aromatic heterocycles. The van der Waals surface area contributed by atoms with Crippen LogP contribution in [0, 0.1) is 11.8 Å². The Morgan fingerprint density at radius 1 is 1.26 bits per heavy atom. The molecule has 10 nitrogen and oxygen atoms in total. The van der Waals surface area contributed by atoms with Crippen LogP contribution in [-0.2, 0) is 28.7 Å². The predicted molar refractivity (Wildman–Crippen MR) is 164 cm³/mol. The zero-order valence-electron chi connectivity index (χ0n) is 25.0. The number of alkyl halides is 1. The molecule has 3 heterocycles. The quantitative estimate of drug-likeness (QED) is 0.190. The van der Waals surface area contributed by atoms with Gasteiger partial charge in [0, 0.05) is 29.9 Å². The average Bonchev–Trinajstić information content (AvgIpc) is 3.55. The molecule has 2 bridgehead atoms. The van der Waals surface area contributed by atoms with Gasteiger partial charge in [-0.05, 0) is 39.2 Å². The average molecular weight is 661 g/mol. The van der Waals surface area contributed by atoms with Gasteiger partial charge in [0.25, 0.3) is 0 Å². The fourth-order valence-electron chi connectivity index (χ4n) is 6.64. The Bertz CT molecular complexity index is 1240. The molecule has 1 aromatic rings. The van der Waals surface area contributed by atoms with Gasteiger partial charge in [0.15, 0.2) is 0 Å². The number of β-amino-alcohol motifs (C(OH)–C–C–N with tert-alkyl or cyclic N) is 1. The van der Waals surface area contributed by atoms with Crippen LogP contribution in [0.25, 0.3) is 0 Å². The molecule has 43 heavy (non-hydrogen) atoms. The van der Waals surface area contributed by atoms with E-state index in [9.17, 15) is 24.3 Å². The van der Waals surface area contributed by atoms with Crippen molar-refractivity contribution in [1.29, 1.82) is 0 Å². The third-order valence-electron chi connectivity index (χ3n) is 8.51. The minimum atomic E-state index is -1.28. The number of hydrogen-bond acceptors (Lipinski definition) is 7. The molecule has 3 amide bonds. The van der Waals surface area contributed by atoms with Crippen LogP contribution in [0.1, 0.15) is 51.7 Å². The fraction of sp³-hybridized carbons (Fsp3) is 0.562. The van der Waals surface area contributed by atoms with Gasteiger partial charge >= 0.3 is 5.97 Å². The van der Waals surface area contributed by atoms with Crippen LogP contribution in [0.15, 0.2) is 55.6 Å². The highest BCUT2D eigenvalue weighted by Crippen LogP contribution is 2.60. The van der Waals surface area contributed by atoms with E-state index in [1.54, 1.807) is 29.2 Å². The number of nitrogens with zero attached hydrogens (tertiary/aromatic N) is 2.